The van der Waals surface area contributed by atoms with E-state index in [0.29, 0.717) is 27.8 Å². The zero-order valence-electron chi connectivity index (χ0n) is 34.1. The smallest absolute Gasteiger partial charge is 0.338 e. The van der Waals surface area contributed by atoms with Crippen molar-refractivity contribution in [2.45, 2.75) is 62.3 Å². The first kappa shape index (κ1) is 45.3. The highest BCUT2D eigenvalue weighted by Crippen LogP contribution is 2.47. The summed E-state index contributed by atoms with van der Waals surface area (Å²) in [6, 6.07) is 8.81. The maximum Gasteiger partial charge on any atom is 0.338 e. The molecular formula is C46H46O12. The van der Waals surface area contributed by atoms with E-state index in [9.17, 15) is 28.8 Å². The number of esters is 6. The van der Waals surface area contributed by atoms with E-state index in [1.807, 2.05) is 0 Å². The lowest BCUT2D eigenvalue weighted by Crippen LogP contribution is -2.18. The van der Waals surface area contributed by atoms with Crippen molar-refractivity contribution in [3.63, 3.8) is 0 Å². The van der Waals surface area contributed by atoms with E-state index < -0.39 is 41.7 Å². The molecule has 12 heteroatoms. The van der Waals surface area contributed by atoms with Gasteiger partial charge in [-0.25, -0.2) is 24.0 Å². The maximum absolute atomic E-state index is 13.3. The van der Waals surface area contributed by atoms with Crippen LogP contribution in [0, 0.1) is 19.8 Å². The second-order valence-corrected chi connectivity index (χ2v) is 13.8. The molecule has 0 aliphatic rings. The van der Waals surface area contributed by atoms with Gasteiger partial charge < -0.3 is 28.4 Å². The van der Waals surface area contributed by atoms with E-state index in [-0.39, 0.29) is 67.9 Å². The zero-order chi connectivity index (χ0) is 43.8. The van der Waals surface area contributed by atoms with Gasteiger partial charge in [-0.05, 0) is 83.9 Å². The van der Waals surface area contributed by atoms with Gasteiger partial charge >= 0.3 is 35.8 Å². The number of hydrogen-bond acceptors (Lipinski definition) is 12. The molecule has 0 saturated heterocycles. The Labute approximate surface area is 337 Å². The van der Waals surface area contributed by atoms with Gasteiger partial charge in [0, 0.05) is 50.1 Å². The minimum Gasteiger partial charge on any atom is -0.425 e. The van der Waals surface area contributed by atoms with Gasteiger partial charge in [0.25, 0.3) is 0 Å². The van der Waals surface area contributed by atoms with E-state index in [0.717, 1.165) is 0 Å². The van der Waals surface area contributed by atoms with Crippen molar-refractivity contribution in [2.75, 3.05) is 0 Å². The van der Waals surface area contributed by atoms with Crippen molar-refractivity contribution in [3.05, 3.63) is 119 Å². The summed E-state index contributed by atoms with van der Waals surface area (Å²) >= 11 is 0. The molecule has 0 atom stereocenters. The fourth-order valence-electron chi connectivity index (χ4n) is 4.72. The Hall–Kier alpha value is -7.08. The van der Waals surface area contributed by atoms with Gasteiger partial charge in [0.15, 0.2) is 23.0 Å². The van der Waals surface area contributed by atoms with E-state index in [4.69, 9.17) is 28.4 Å². The molecule has 0 unspecified atom stereocenters. The summed E-state index contributed by atoms with van der Waals surface area (Å²) in [6.45, 7) is 32.0. The number of carbonyl (C=O) groups is 6. The predicted molar refractivity (Wildman–Crippen MR) is 219 cm³/mol. The van der Waals surface area contributed by atoms with Crippen LogP contribution >= 0.6 is 0 Å². The van der Waals surface area contributed by atoms with Crippen molar-refractivity contribution in [1.82, 2.24) is 0 Å². The molecule has 3 rings (SSSR count). The zero-order valence-corrected chi connectivity index (χ0v) is 34.1. The number of benzene rings is 3. The fraction of sp³-hybridized carbons (Fsp3) is 0.217. The summed E-state index contributed by atoms with van der Waals surface area (Å²) < 4.78 is 33.9. The number of carbonyl (C=O) groups excluding carboxylic acids is 6. The summed E-state index contributed by atoms with van der Waals surface area (Å²) in [5, 5.41) is 0. The molecule has 0 aliphatic heterocycles. The minimum atomic E-state index is -0.805. The molecule has 0 radical (unpaired) electrons. The van der Waals surface area contributed by atoms with Crippen molar-refractivity contribution in [2.24, 2.45) is 5.92 Å². The average Bonchev–Trinajstić information content (AvgIpc) is 3.14. The third kappa shape index (κ3) is 11.3. The highest BCUT2D eigenvalue weighted by molar-refractivity contribution is 5.95. The Balaban J connectivity index is 2.42. The van der Waals surface area contributed by atoms with Crippen molar-refractivity contribution >= 4 is 48.0 Å². The molecule has 3 aromatic rings. The Morgan fingerprint density at radius 3 is 1.36 bits per heavy atom. The predicted octanol–water partition coefficient (Wildman–Crippen LogP) is 9.11. The lowest BCUT2D eigenvalue weighted by Gasteiger charge is -2.23. The second-order valence-electron chi connectivity index (χ2n) is 13.8. The van der Waals surface area contributed by atoms with Crippen LogP contribution in [0.2, 0.25) is 0 Å². The van der Waals surface area contributed by atoms with E-state index in [1.165, 1.54) is 58.9 Å². The van der Waals surface area contributed by atoms with Crippen molar-refractivity contribution in [3.8, 4) is 45.6 Å². The van der Waals surface area contributed by atoms with Gasteiger partial charge in [-0.3, -0.25) is 4.79 Å². The van der Waals surface area contributed by atoms with Gasteiger partial charge in [-0.2, -0.15) is 0 Å². The summed E-state index contributed by atoms with van der Waals surface area (Å²) in [5.41, 5.74) is 2.46. The standard InChI is InChI=1S/C46H46O12/c1-23(2)41(47)53-34-19-16-31(21-36(34)55-43(49)25(5)6)15-18-33-29(13)40(58-46(52)28(11)12)38(30(14)39(33)57-45(51)27(9)10)32-17-20-35(54-42(48)24(3)4)37(22-32)56-44(50)26(7)8/h15-22,28H,1,3,5,7,9H2,2,4,6,8,10-14H3/b18-15+. The third-order valence-electron chi connectivity index (χ3n) is 8.00. The van der Waals surface area contributed by atoms with Crippen LogP contribution in [0.25, 0.3) is 23.3 Å². The molecule has 12 nitrogen and oxygen atoms in total. The molecule has 0 fully saturated rings. The molecule has 0 aromatic heterocycles. The quantitative estimate of drug-likeness (QED) is 0.0623. The molecule has 0 heterocycles. The Bertz CT molecular complexity index is 2330. The fourth-order valence-corrected chi connectivity index (χ4v) is 4.72. The van der Waals surface area contributed by atoms with Crippen LogP contribution < -0.4 is 28.4 Å². The number of rotatable bonds is 15. The van der Waals surface area contributed by atoms with Crippen LogP contribution in [-0.2, 0) is 28.8 Å². The van der Waals surface area contributed by atoms with Crippen LogP contribution in [0.3, 0.4) is 0 Å². The summed E-state index contributed by atoms with van der Waals surface area (Å²) in [5.74, 6) is -5.27. The van der Waals surface area contributed by atoms with E-state index >= 15 is 0 Å². The van der Waals surface area contributed by atoms with Gasteiger partial charge in [0.1, 0.15) is 11.5 Å². The van der Waals surface area contributed by atoms with Gasteiger partial charge in [0.2, 0.25) is 0 Å². The average molecular weight is 791 g/mol. The normalized spacial score (nSPS) is 10.7. The minimum absolute atomic E-state index is 0.0520. The van der Waals surface area contributed by atoms with Crippen LogP contribution in [0.4, 0.5) is 0 Å². The lowest BCUT2D eigenvalue weighted by molar-refractivity contribution is -0.138. The SMILES string of the molecule is C=C(C)C(=O)Oc1ccc(/C=C/c2c(C)c(OC(=O)C(C)C)c(-c3ccc(OC(=O)C(=C)C)c(OC(=O)C(=C)C)c3)c(C)c2OC(=O)C(=C)C)cc1OC(=O)C(=C)C. The summed E-state index contributed by atoms with van der Waals surface area (Å²) in [6.07, 6.45) is 3.20. The Morgan fingerprint density at radius 1 is 0.500 bits per heavy atom. The highest BCUT2D eigenvalue weighted by atomic mass is 16.6. The largest absolute Gasteiger partial charge is 0.425 e. The highest BCUT2D eigenvalue weighted by Gasteiger charge is 2.28. The lowest BCUT2D eigenvalue weighted by atomic mass is 9.91. The first-order chi connectivity index (χ1) is 27.0. The first-order valence-corrected chi connectivity index (χ1v) is 17.8. The topological polar surface area (TPSA) is 158 Å². The summed E-state index contributed by atoms with van der Waals surface area (Å²) in [4.78, 5) is 76.6. The molecule has 0 bridgehead atoms. The van der Waals surface area contributed by atoms with E-state index in [1.54, 1.807) is 52.0 Å². The molecule has 0 aliphatic carbocycles. The molecule has 0 amide bonds. The van der Waals surface area contributed by atoms with Gasteiger partial charge in [-0.15, -0.1) is 0 Å². The molecule has 58 heavy (non-hydrogen) atoms. The maximum atomic E-state index is 13.3. The molecule has 302 valence electrons. The molecular weight excluding hydrogens is 744 g/mol. The van der Waals surface area contributed by atoms with E-state index in [2.05, 4.69) is 32.9 Å². The van der Waals surface area contributed by atoms with Gasteiger partial charge in [0.05, 0.1) is 5.92 Å². The molecule has 0 N–H and O–H groups in total. The third-order valence-corrected chi connectivity index (χ3v) is 8.00. The number of hydrogen-bond donors (Lipinski definition) is 0. The monoisotopic (exact) mass is 790 g/mol. The Kier molecular flexibility index (Phi) is 15.0. The Morgan fingerprint density at radius 2 is 0.914 bits per heavy atom. The molecule has 0 saturated carbocycles. The number of ether oxygens (including phenoxy) is 6. The molecule has 0 spiro atoms. The molecule has 3 aromatic carbocycles. The van der Waals surface area contributed by atoms with Gasteiger partial charge in [-0.1, -0.05) is 71.0 Å². The van der Waals surface area contributed by atoms with Crippen molar-refractivity contribution in [1.29, 1.82) is 0 Å². The van der Waals surface area contributed by atoms with Crippen LogP contribution in [-0.4, -0.2) is 35.8 Å². The van der Waals surface area contributed by atoms with Crippen LogP contribution in [0.1, 0.15) is 70.7 Å². The van der Waals surface area contributed by atoms with Crippen molar-refractivity contribution < 1.29 is 57.2 Å². The first-order valence-electron chi connectivity index (χ1n) is 17.8. The second kappa shape index (κ2) is 19.2. The van der Waals surface area contributed by atoms with Crippen LogP contribution in [0.5, 0.6) is 34.5 Å². The summed E-state index contributed by atoms with van der Waals surface area (Å²) in [7, 11) is 0. The van der Waals surface area contributed by atoms with Crippen LogP contribution in [0.15, 0.2) is 97.2 Å².